The molecule has 0 aliphatic carbocycles. The summed E-state index contributed by atoms with van der Waals surface area (Å²) in [6.45, 7) is 3.38. The molecule has 0 aromatic heterocycles. The van der Waals surface area contributed by atoms with Crippen LogP contribution in [0, 0.1) is 0 Å². The minimum atomic E-state index is 0.262. The minimum Gasteiger partial charge on any atom is -0.366 e. The van der Waals surface area contributed by atoms with Crippen LogP contribution in [-0.2, 0) is 0 Å². The molecule has 1 aliphatic rings. The fourth-order valence-electron chi connectivity index (χ4n) is 4.53. The molecule has 3 aromatic carbocycles. The highest BCUT2D eigenvalue weighted by Gasteiger charge is 2.25. The van der Waals surface area contributed by atoms with Gasteiger partial charge < -0.3 is 4.90 Å². The molecule has 0 saturated heterocycles. The lowest BCUT2D eigenvalue weighted by Gasteiger charge is -2.35. The molecule has 0 N–H and O–H groups in total. The highest BCUT2D eigenvalue weighted by atomic mass is 15.1. The van der Waals surface area contributed by atoms with Gasteiger partial charge in [0.25, 0.3) is 0 Å². The molecule has 3 aromatic rings. The van der Waals surface area contributed by atoms with E-state index in [1.54, 1.807) is 0 Å². The van der Waals surface area contributed by atoms with E-state index in [1.165, 1.54) is 66.0 Å². The maximum Gasteiger partial charge on any atom is 0.0796 e. The van der Waals surface area contributed by atoms with Crippen molar-refractivity contribution in [1.82, 2.24) is 4.90 Å². The lowest BCUT2D eigenvalue weighted by molar-refractivity contribution is 0.319. The summed E-state index contributed by atoms with van der Waals surface area (Å²) in [5.74, 6) is 0. The standard InChI is InChI=1S/C29H33N/c1-2-3-4-5-6-12-21-30-22-13-18-28(25-15-8-7-9-16-25)29(30)27-20-19-24-14-10-11-17-26(24)23-27/h7-11,13-20,22-23,29H,2-6,12,21H2,1H3. The molecule has 1 aliphatic heterocycles. The van der Waals surface area contributed by atoms with Gasteiger partial charge in [-0.15, -0.1) is 0 Å². The summed E-state index contributed by atoms with van der Waals surface area (Å²) >= 11 is 0. The van der Waals surface area contributed by atoms with Crippen LogP contribution in [-0.4, -0.2) is 11.4 Å². The van der Waals surface area contributed by atoms with E-state index in [-0.39, 0.29) is 6.04 Å². The molecular weight excluding hydrogens is 362 g/mol. The lowest BCUT2D eigenvalue weighted by Crippen LogP contribution is -2.27. The maximum absolute atomic E-state index is 2.55. The first-order valence-electron chi connectivity index (χ1n) is 11.5. The SMILES string of the molecule is CCCCCCCCN1C=CC=C(c2ccccc2)C1c1ccc2ccccc2c1. The maximum atomic E-state index is 2.55. The quantitative estimate of drug-likeness (QED) is 0.330. The molecule has 1 heterocycles. The fraction of sp³-hybridized carbons (Fsp3) is 0.310. The van der Waals surface area contributed by atoms with Crippen molar-refractivity contribution in [2.75, 3.05) is 6.54 Å². The van der Waals surface area contributed by atoms with Crippen molar-refractivity contribution in [2.45, 2.75) is 51.5 Å². The lowest BCUT2D eigenvalue weighted by atomic mass is 9.88. The van der Waals surface area contributed by atoms with Gasteiger partial charge in [-0.25, -0.2) is 0 Å². The second-order valence-corrected chi connectivity index (χ2v) is 8.34. The van der Waals surface area contributed by atoms with E-state index in [0.29, 0.717) is 0 Å². The Balaban J connectivity index is 1.60. The molecule has 30 heavy (non-hydrogen) atoms. The monoisotopic (exact) mass is 395 g/mol. The first kappa shape index (κ1) is 20.5. The van der Waals surface area contributed by atoms with Crippen LogP contribution in [0.4, 0.5) is 0 Å². The molecule has 0 amide bonds. The van der Waals surface area contributed by atoms with Gasteiger partial charge in [0, 0.05) is 6.54 Å². The zero-order valence-corrected chi connectivity index (χ0v) is 18.1. The third-order valence-electron chi connectivity index (χ3n) is 6.15. The Morgan fingerprint density at radius 1 is 0.733 bits per heavy atom. The largest absolute Gasteiger partial charge is 0.366 e. The van der Waals surface area contributed by atoms with Gasteiger partial charge in [-0.2, -0.15) is 0 Å². The van der Waals surface area contributed by atoms with Gasteiger partial charge in [-0.1, -0.05) is 112 Å². The number of hydrogen-bond acceptors (Lipinski definition) is 1. The number of fused-ring (bicyclic) bond motifs is 1. The van der Waals surface area contributed by atoms with Gasteiger partial charge in [0.1, 0.15) is 0 Å². The average Bonchev–Trinajstić information content (AvgIpc) is 2.81. The summed E-state index contributed by atoms with van der Waals surface area (Å²) in [6, 6.07) is 26.8. The average molecular weight is 396 g/mol. The Morgan fingerprint density at radius 3 is 2.30 bits per heavy atom. The summed E-state index contributed by atoms with van der Waals surface area (Å²) in [5, 5.41) is 2.62. The Hall–Kier alpha value is -2.80. The molecule has 0 fully saturated rings. The minimum absolute atomic E-state index is 0.262. The van der Waals surface area contributed by atoms with Crippen LogP contribution in [0.3, 0.4) is 0 Å². The number of rotatable bonds is 9. The second-order valence-electron chi connectivity index (χ2n) is 8.34. The first-order valence-corrected chi connectivity index (χ1v) is 11.5. The normalized spacial score (nSPS) is 16.1. The van der Waals surface area contributed by atoms with Crippen molar-refractivity contribution < 1.29 is 0 Å². The van der Waals surface area contributed by atoms with Gasteiger partial charge in [0.05, 0.1) is 6.04 Å². The summed E-state index contributed by atoms with van der Waals surface area (Å²) in [5.41, 5.74) is 4.08. The van der Waals surface area contributed by atoms with Crippen molar-refractivity contribution in [2.24, 2.45) is 0 Å². The van der Waals surface area contributed by atoms with Crippen LogP contribution in [0.15, 0.2) is 91.1 Å². The first-order chi connectivity index (χ1) is 14.9. The van der Waals surface area contributed by atoms with Crippen molar-refractivity contribution in [3.8, 4) is 0 Å². The summed E-state index contributed by atoms with van der Waals surface area (Å²) in [4.78, 5) is 2.55. The second kappa shape index (κ2) is 10.3. The van der Waals surface area contributed by atoms with E-state index in [2.05, 4.69) is 103 Å². The van der Waals surface area contributed by atoms with Crippen molar-refractivity contribution in [3.05, 3.63) is 102 Å². The van der Waals surface area contributed by atoms with Gasteiger partial charge in [0.15, 0.2) is 0 Å². The van der Waals surface area contributed by atoms with E-state index in [4.69, 9.17) is 0 Å². The molecule has 0 saturated carbocycles. The van der Waals surface area contributed by atoms with E-state index < -0.39 is 0 Å². The van der Waals surface area contributed by atoms with Crippen LogP contribution in [0.2, 0.25) is 0 Å². The Labute approximate surface area is 181 Å². The zero-order valence-electron chi connectivity index (χ0n) is 18.1. The molecule has 0 radical (unpaired) electrons. The van der Waals surface area contributed by atoms with Crippen LogP contribution >= 0.6 is 0 Å². The van der Waals surface area contributed by atoms with E-state index in [0.717, 1.165) is 6.54 Å². The molecule has 1 unspecified atom stereocenters. The van der Waals surface area contributed by atoms with E-state index in [9.17, 15) is 0 Å². The fourth-order valence-corrected chi connectivity index (χ4v) is 4.53. The Bertz CT molecular complexity index is 999. The van der Waals surface area contributed by atoms with Crippen LogP contribution in [0.25, 0.3) is 16.3 Å². The van der Waals surface area contributed by atoms with Crippen LogP contribution < -0.4 is 0 Å². The Kier molecular flexibility index (Phi) is 7.03. The molecule has 0 spiro atoms. The summed E-state index contributed by atoms with van der Waals surface area (Å²) < 4.78 is 0. The highest BCUT2D eigenvalue weighted by Crippen LogP contribution is 2.39. The van der Waals surface area contributed by atoms with Gasteiger partial charge >= 0.3 is 0 Å². The van der Waals surface area contributed by atoms with Crippen molar-refractivity contribution in [3.63, 3.8) is 0 Å². The number of unbranched alkanes of at least 4 members (excludes halogenated alkanes) is 5. The van der Waals surface area contributed by atoms with Crippen LogP contribution in [0.5, 0.6) is 0 Å². The predicted octanol–water partition coefficient (Wildman–Crippen LogP) is 8.15. The highest BCUT2D eigenvalue weighted by molar-refractivity contribution is 5.84. The number of hydrogen-bond donors (Lipinski definition) is 0. The molecule has 1 atom stereocenters. The van der Waals surface area contributed by atoms with E-state index >= 15 is 0 Å². The predicted molar refractivity (Wildman–Crippen MR) is 130 cm³/mol. The van der Waals surface area contributed by atoms with Crippen LogP contribution in [0.1, 0.15) is 62.6 Å². The van der Waals surface area contributed by atoms with Gasteiger partial charge in [-0.05, 0) is 52.2 Å². The van der Waals surface area contributed by atoms with Gasteiger partial charge in [-0.3, -0.25) is 0 Å². The third kappa shape index (κ3) is 4.84. The Morgan fingerprint density at radius 2 is 1.47 bits per heavy atom. The summed E-state index contributed by atoms with van der Waals surface area (Å²) in [7, 11) is 0. The molecule has 1 heteroatoms. The van der Waals surface area contributed by atoms with Gasteiger partial charge in [0.2, 0.25) is 0 Å². The smallest absolute Gasteiger partial charge is 0.0796 e. The number of benzene rings is 3. The van der Waals surface area contributed by atoms with E-state index in [1.807, 2.05) is 0 Å². The topological polar surface area (TPSA) is 3.24 Å². The van der Waals surface area contributed by atoms with Crippen molar-refractivity contribution >= 4 is 16.3 Å². The number of nitrogens with zero attached hydrogens (tertiary/aromatic N) is 1. The summed E-state index contributed by atoms with van der Waals surface area (Å²) in [6.07, 6.45) is 14.8. The molecular formula is C29H33N. The molecule has 4 rings (SSSR count). The van der Waals surface area contributed by atoms with Crippen molar-refractivity contribution in [1.29, 1.82) is 0 Å². The molecule has 0 bridgehead atoms. The molecule has 154 valence electrons. The third-order valence-corrected chi connectivity index (χ3v) is 6.15. The molecule has 1 nitrogen and oxygen atoms in total. The zero-order chi connectivity index (χ0) is 20.6. The number of allylic oxidation sites excluding steroid dienone is 2.